The molecule has 0 saturated carbocycles. The standard InChI is InChI=1S/C92H64N4/c1-13-37-61(38-14-1)73-74(62-39-15-2-16-40-62)86-82(70-55-31-10-32-56-70)88-77(65-45-21-5-22-46-65)78(66-47-23-6-24-48-66)90(95-88)84(72-59-35-12-36-60-72)92-80(68-51-27-8-28-52-68)79(67-49-25-7-26-50-67)91(96-92)83(71-57-33-11-34-58-71)89-76(64-43-19-4-20-44-64)75(63-41-17-3-18-42-63)87(94-89)81(85(73)93-86)69-53-29-9-30-54-69/h1-60,93-96H. The predicted octanol–water partition coefficient (Wildman–Crippen LogP) is 19.6. The number of aromatic amines is 4. The van der Waals surface area contributed by atoms with E-state index in [9.17, 15) is 0 Å². The smallest absolute Gasteiger partial charge is 0.0572 e. The summed E-state index contributed by atoms with van der Waals surface area (Å²) in [6.45, 7) is 0. The van der Waals surface area contributed by atoms with E-state index >= 15 is 0 Å². The molecule has 8 bridgehead atoms. The third kappa shape index (κ3) is 10.1. The van der Waals surface area contributed by atoms with Crippen molar-refractivity contribution >= 4 is 22.3 Å². The third-order valence-corrected chi connectivity index (χ3v) is 18.7. The molecule has 4 heterocycles. The lowest BCUT2D eigenvalue weighted by Crippen LogP contribution is -2.20. The van der Waals surface area contributed by atoms with Gasteiger partial charge in [-0.05, 0) is 66.8 Å². The fourth-order valence-corrected chi connectivity index (χ4v) is 14.7. The molecule has 96 heavy (non-hydrogen) atoms. The lowest BCUT2D eigenvalue weighted by molar-refractivity contribution is 1.19. The van der Waals surface area contributed by atoms with Gasteiger partial charge in [-0.15, -0.1) is 0 Å². The number of rotatable bonds is 12. The van der Waals surface area contributed by atoms with Crippen LogP contribution in [-0.4, -0.2) is 19.9 Å². The van der Waals surface area contributed by atoms with Gasteiger partial charge in [-0.2, -0.15) is 0 Å². The van der Waals surface area contributed by atoms with Gasteiger partial charge in [0.25, 0.3) is 0 Å². The number of hydrogen-bond donors (Lipinski definition) is 4. The largest absolute Gasteiger partial charge is 0.353 e. The Morgan fingerprint density at radius 1 is 0.115 bits per heavy atom. The molecule has 16 aromatic rings. The SMILES string of the molecule is c1ccc(C2=c3[nH]c(c(-c4ccccc4)c3-c3ccccc3)=C(c3ccccc3)c3[nH]c(c(-c4ccccc4)c3-c3ccccc3)C(c3ccccc3)=c3[nH]c(c(-c4ccccc4)c3-c3ccccc3)=C(c3ccccc3)c3[nH]c2c(-c2ccccc2)c3-c2ccccc2)cc1. The lowest BCUT2D eigenvalue weighted by Gasteiger charge is -2.14. The maximum absolute atomic E-state index is 4.51. The van der Waals surface area contributed by atoms with Crippen LogP contribution in [0.15, 0.2) is 364 Å². The fraction of sp³-hybridized carbons (Fsp3) is 0. The molecule has 0 spiro atoms. The maximum Gasteiger partial charge on any atom is 0.0572 e. The molecule has 17 rings (SSSR count). The zero-order valence-corrected chi connectivity index (χ0v) is 52.6. The highest BCUT2D eigenvalue weighted by Crippen LogP contribution is 2.48. The average molecular weight is 1230 g/mol. The Morgan fingerprint density at radius 3 is 0.385 bits per heavy atom. The fourth-order valence-electron chi connectivity index (χ4n) is 14.7. The van der Waals surface area contributed by atoms with Crippen molar-refractivity contribution in [2.24, 2.45) is 0 Å². The van der Waals surface area contributed by atoms with Crippen LogP contribution in [0.1, 0.15) is 45.0 Å². The summed E-state index contributed by atoms with van der Waals surface area (Å²) in [4.78, 5) is 18.1. The van der Waals surface area contributed by atoms with Crippen molar-refractivity contribution in [3.05, 3.63) is 430 Å². The first-order valence-corrected chi connectivity index (χ1v) is 32.9. The van der Waals surface area contributed by atoms with Crippen LogP contribution in [0.2, 0.25) is 0 Å². The van der Waals surface area contributed by atoms with Crippen LogP contribution >= 0.6 is 0 Å². The molecule has 1 aliphatic rings. The molecule has 4 aromatic heterocycles. The van der Waals surface area contributed by atoms with Gasteiger partial charge in [0.15, 0.2) is 0 Å². The lowest BCUT2D eigenvalue weighted by atomic mass is 9.86. The molecule has 4 heteroatoms. The Bertz CT molecular complexity index is 4990. The molecular formula is C92H64N4. The van der Waals surface area contributed by atoms with E-state index in [1.165, 1.54) is 0 Å². The van der Waals surface area contributed by atoms with E-state index in [0.717, 1.165) is 178 Å². The Balaban J connectivity index is 1.27. The molecule has 12 aromatic carbocycles. The number of fused-ring (bicyclic) bond motifs is 12. The van der Waals surface area contributed by atoms with E-state index in [4.69, 9.17) is 0 Å². The minimum atomic E-state index is 0.957. The first-order chi connectivity index (χ1) is 47.7. The van der Waals surface area contributed by atoms with Crippen LogP contribution in [0.25, 0.3) is 111 Å². The molecule has 0 aliphatic heterocycles. The van der Waals surface area contributed by atoms with Gasteiger partial charge < -0.3 is 19.9 Å². The van der Waals surface area contributed by atoms with E-state index < -0.39 is 0 Å². The molecule has 0 unspecified atom stereocenters. The van der Waals surface area contributed by atoms with Gasteiger partial charge in [-0.1, -0.05) is 364 Å². The molecule has 0 atom stereocenters. The van der Waals surface area contributed by atoms with Crippen molar-refractivity contribution < 1.29 is 0 Å². The van der Waals surface area contributed by atoms with Gasteiger partial charge in [0, 0.05) is 66.8 Å². The van der Waals surface area contributed by atoms with Gasteiger partial charge in [0.2, 0.25) is 0 Å². The van der Waals surface area contributed by atoms with Crippen molar-refractivity contribution in [3.63, 3.8) is 0 Å². The molecule has 0 saturated heterocycles. The second-order valence-electron chi connectivity index (χ2n) is 24.4. The van der Waals surface area contributed by atoms with Crippen LogP contribution in [0.4, 0.5) is 0 Å². The Morgan fingerprint density at radius 2 is 0.240 bits per heavy atom. The van der Waals surface area contributed by atoms with E-state index in [2.05, 4.69) is 384 Å². The highest BCUT2D eigenvalue weighted by atomic mass is 14.8. The third-order valence-electron chi connectivity index (χ3n) is 18.7. The molecule has 4 N–H and O–H groups in total. The van der Waals surface area contributed by atoms with Crippen molar-refractivity contribution in [2.75, 3.05) is 0 Å². The van der Waals surface area contributed by atoms with Gasteiger partial charge in [-0.25, -0.2) is 0 Å². The summed E-state index contributed by atoms with van der Waals surface area (Å²) in [6, 6.07) is 132. The summed E-state index contributed by atoms with van der Waals surface area (Å²) < 4.78 is 0. The number of hydrogen-bond acceptors (Lipinski definition) is 0. The summed E-state index contributed by atoms with van der Waals surface area (Å²) in [5.41, 5.74) is 29.1. The van der Waals surface area contributed by atoms with Crippen molar-refractivity contribution in [2.45, 2.75) is 0 Å². The van der Waals surface area contributed by atoms with Gasteiger partial charge in [-0.3, -0.25) is 0 Å². The van der Waals surface area contributed by atoms with Crippen LogP contribution in [-0.2, 0) is 0 Å². The Labute approximate surface area is 558 Å². The molecule has 0 fully saturated rings. The zero-order valence-electron chi connectivity index (χ0n) is 52.6. The normalized spacial score (nSPS) is 12.1. The van der Waals surface area contributed by atoms with E-state index in [1.807, 2.05) is 0 Å². The van der Waals surface area contributed by atoms with Gasteiger partial charge >= 0.3 is 0 Å². The zero-order chi connectivity index (χ0) is 63.7. The number of benzene rings is 12. The summed E-state index contributed by atoms with van der Waals surface area (Å²) in [5.74, 6) is 0. The summed E-state index contributed by atoms with van der Waals surface area (Å²) in [7, 11) is 0. The maximum atomic E-state index is 4.51. The first-order valence-electron chi connectivity index (χ1n) is 32.9. The molecule has 1 aliphatic carbocycles. The van der Waals surface area contributed by atoms with Crippen LogP contribution in [0, 0.1) is 0 Å². The molecule has 0 amide bonds. The molecule has 4 nitrogen and oxygen atoms in total. The Kier molecular flexibility index (Phi) is 14.9. The molecule has 0 radical (unpaired) electrons. The highest BCUT2D eigenvalue weighted by Gasteiger charge is 2.34. The average Bonchev–Trinajstić information content (AvgIpc) is 1.55. The second kappa shape index (κ2) is 25.0. The van der Waals surface area contributed by atoms with Crippen LogP contribution in [0.3, 0.4) is 0 Å². The van der Waals surface area contributed by atoms with Gasteiger partial charge in [0.05, 0.1) is 44.2 Å². The quantitative estimate of drug-likeness (QED) is 0.0942. The Hall–Kier alpha value is -12.8. The monoisotopic (exact) mass is 1220 g/mol. The number of nitrogens with one attached hydrogen (secondary N) is 4. The minimum absolute atomic E-state index is 0.957. The first kappa shape index (κ1) is 57.2. The minimum Gasteiger partial charge on any atom is -0.353 e. The van der Waals surface area contributed by atoms with E-state index in [0.29, 0.717) is 0 Å². The van der Waals surface area contributed by atoms with E-state index in [1.54, 1.807) is 0 Å². The highest BCUT2D eigenvalue weighted by molar-refractivity contribution is 6.07. The van der Waals surface area contributed by atoms with Crippen molar-refractivity contribution in [1.82, 2.24) is 19.9 Å². The van der Waals surface area contributed by atoms with Crippen LogP contribution < -0.4 is 21.4 Å². The van der Waals surface area contributed by atoms with Gasteiger partial charge in [0.1, 0.15) is 0 Å². The molecular weight excluding hydrogens is 1160 g/mol. The van der Waals surface area contributed by atoms with Crippen LogP contribution in [0.5, 0.6) is 0 Å². The number of H-pyrrole nitrogens is 4. The van der Waals surface area contributed by atoms with E-state index in [-0.39, 0.29) is 0 Å². The summed E-state index contributed by atoms with van der Waals surface area (Å²) in [5, 5.41) is 3.83. The topological polar surface area (TPSA) is 63.2 Å². The summed E-state index contributed by atoms with van der Waals surface area (Å²) in [6.07, 6.45) is 0. The second-order valence-corrected chi connectivity index (χ2v) is 24.4. The van der Waals surface area contributed by atoms with Crippen molar-refractivity contribution in [3.8, 4) is 89.0 Å². The predicted molar refractivity (Wildman–Crippen MR) is 397 cm³/mol. The van der Waals surface area contributed by atoms with Crippen molar-refractivity contribution in [1.29, 1.82) is 0 Å². The summed E-state index contributed by atoms with van der Waals surface area (Å²) >= 11 is 0. The molecule has 452 valence electrons. The number of aromatic nitrogens is 4.